The van der Waals surface area contributed by atoms with Crippen molar-refractivity contribution in [2.45, 2.75) is 31.7 Å². The molecule has 112 valence electrons. The van der Waals surface area contributed by atoms with Crippen LogP contribution in [0.3, 0.4) is 0 Å². The van der Waals surface area contributed by atoms with Crippen LogP contribution in [0, 0.1) is 5.92 Å². The van der Waals surface area contributed by atoms with Crippen molar-refractivity contribution in [3.05, 3.63) is 59.9 Å². The summed E-state index contributed by atoms with van der Waals surface area (Å²) in [6.45, 7) is 4.54. The normalized spacial score (nSPS) is 11.8. The van der Waals surface area contributed by atoms with E-state index in [4.69, 9.17) is 0 Å². The summed E-state index contributed by atoms with van der Waals surface area (Å²) >= 11 is 0. The fourth-order valence-electron chi connectivity index (χ4n) is 2.04. The van der Waals surface area contributed by atoms with Gasteiger partial charge in [0.25, 0.3) is 0 Å². The number of rotatable bonds is 6. The lowest BCUT2D eigenvalue weighted by molar-refractivity contribution is 0.581. The number of benzene rings is 1. The minimum absolute atomic E-state index is 0.262. The van der Waals surface area contributed by atoms with Crippen molar-refractivity contribution in [1.29, 1.82) is 0 Å². The minimum Gasteiger partial charge on any atom is -0.265 e. The maximum Gasteiger partial charge on any atom is 0.240 e. The Morgan fingerprint density at radius 1 is 1.00 bits per heavy atom. The molecule has 1 heterocycles. The van der Waals surface area contributed by atoms with Crippen LogP contribution in [0.25, 0.3) is 0 Å². The first-order valence-electron chi connectivity index (χ1n) is 6.95. The average Bonchev–Trinajstić information content (AvgIpc) is 2.46. The van der Waals surface area contributed by atoms with Gasteiger partial charge in [0.05, 0.1) is 4.90 Å². The van der Waals surface area contributed by atoms with E-state index in [1.54, 1.807) is 36.7 Å². The second kappa shape index (κ2) is 6.83. The molecule has 0 saturated heterocycles. The van der Waals surface area contributed by atoms with Crippen LogP contribution in [0.15, 0.2) is 53.7 Å². The van der Waals surface area contributed by atoms with E-state index >= 15 is 0 Å². The standard InChI is InChI=1S/C16H20N2O2S/c1-13(2)11-14-3-5-16(6-4-14)21(19,20)18-12-15-7-9-17-10-8-15/h3-10,13,18H,11-12H2,1-2H3. The third kappa shape index (κ3) is 4.65. The monoisotopic (exact) mass is 304 g/mol. The number of pyridine rings is 1. The van der Waals surface area contributed by atoms with Gasteiger partial charge in [-0.25, -0.2) is 13.1 Å². The van der Waals surface area contributed by atoms with Crippen LogP contribution in [0.2, 0.25) is 0 Å². The van der Waals surface area contributed by atoms with Crippen molar-refractivity contribution in [1.82, 2.24) is 9.71 Å². The molecule has 5 heteroatoms. The SMILES string of the molecule is CC(C)Cc1ccc(S(=O)(=O)NCc2ccncc2)cc1. The van der Waals surface area contributed by atoms with Crippen LogP contribution in [0.4, 0.5) is 0 Å². The summed E-state index contributed by atoms with van der Waals surface area (Å²) in [6.07, 6.45) is 4.24. The molecule has 0 atom stereocenters. The third-order valence-corrected chi connectivity index (χ3v) is 4.51. The Labute approximate surface area is 126 Å². The molecule has 0 amide bonds. The Morgan fingerprint density at radius 3 is 2.19 bits per heavy atom. The largest absolute Gasteiger partial charge is 0.265 e. The summed E-state index contributed by atoms with van der Waals surface area (Å²) in [7, 11) is -3.47. The Kier molecular flexibility index (Phi) is 5.09. The predicted molar refractivity (Wildman–Crippen MR) is 83.2 cm³/mol. The number of nitrogens with one attached hydrogen (secondary N) is 1. The first-order valence-corrected chi connectivity index (χ1v) is 8.43. The molecule has 0 bridgehead atoms. The molecule has 0 fully saturated rings. The minimum atomic E-state index is -3.47. The summed E-state index contributed by atoms with van der Waals surface area (Å²) in [5, 5.41) is 0. The summed E-state index contributed by atoms with van der Waals surface area (Å²) in [6, 6.07) is 10.6. The highest BCUT2D eigenvalue weighted by molar-refractivity contribution is 7.89. The van der Waals surface area contributed by atoms with E-state index in [-0.39, 0.29) is 6.54 Å². The average molecular weight is 304 g/mol. The topological polar surface area (TPSA) is 59.1 Å². The maximum atomic E-state index is 12.2. The van der Waals surface area contributed by atoms with Crippen molar-refractivity contribution in [3.8, 4) is 0 Å². The van der Waals surface area contributed by atoms with Gasteiger partial charge in [0.1, 0.15) is 0 Å². The van der Waals surface area contributed by atoms with E-state index in [0.29, 0.717) is 10.8 Å². The van der Waals surface area contributed by atoms with Crippen molar-refractivity contribution in [3.63, 3.8) is 0 Å². The van der Waals surface area contributed by atoms with E-state index in [1.807, 2.05) is 12.1 Å². The van der Waals surface area contributed by atoms with Gasteiger partial charge in [-0.3, -0.25) is 4.98 Å². The summed E-state index contributed by atoms with van der Waals surface area (Å²) in [5.41, 5.74) is 2.03. The van der Waals surface area contributed by atoms with Crippen molar-refractivity contribution in [2.24, 2.45) is 5.92 Å². The molecule has 0 aliphatic carbocycles. The van der Waals surface area contributed by atoms with Crippen molar-refractivity contribution in [2.75, 3.05) is 0 Å². The Morgan fingerprint density at radius 2 is 1.62 bits per heavy atom. The van der Waals surface area contributed by atoms with Crippen molar-refractivity contribution < 1.29 is 8.42 Å². The van der Waals surface area contributed by atoms with Gasteiger partial charge in [-0.1, -0.05) is 26.0 Å². The highest BCUT2D eigenvalue weighted by Crippen LogP contribution is 2.14. The summed E-state index contributed by atoms with van der Waals surface area (Å²) < 4.78 is 27.0. The molecule has 0 unspecified atom stereocenters. The number of nitrogens with zero attached hydrogens (tertiary/aromatic N) is 1. The van der Waals surface area contributed by atoms with Gasteiger partial charge in [-0.15, -0.1) is 0 Å². The smallest absolute Gasteiger partial charge is 0.240 e. The molecular weight excluding hydrogens is 284 g/mol. The van der Waals surface area contributed by atoms with Gasteiger partial charge < -0.3 is 0 Å². The van der Waals surface area contributed by atoms with Crippen LogP contribution >= 0.6 is 0 Å². The molecule has 1 aromatic carbocycles. The van der Waals surface area contributed by atoms with E-state index in [2.05, 4.69) is 23.6 Å². The molecule has 4 nitrogen and oxygen atoms in total. The Balaban J connectivity index is 2.05. The highest BCUT2D eigenvalue weighted by Gasteiger charge is 2.13. The maximum absolute atomic E-state index is 12.2. The van der Waals surface area contributed by atoms with Crippen LogP contribution in [0.1, 0.15) is 25.0 Å². The van der Waals surface area contributed by atoms with Gasteiger partial charge in [0.15, 0.2) is 0 Å². The second-order valence-corrected chi connectivity index (χ2v) is 7.19. The molecular formula is C16H20N2O2S. The quantitative estimate of drug-likeness (QED) is 0.892. The van der Waals surface area contributed by atoms with Crippen LogP contribution in [0.5, 0.6) is 0 Å². The number of aromatic nitrogens is 1. The molecule has 0 aliphatic rings. The molecule has 2 rings (SSSR count). The van der Waals surface area contributed by atoms with Gasteiger partial charge in [-0.05, 0) is 47.7 Å². The molecule has 0 aliphatic heterocycles. The Bertz CT molecular complexity index is 665. The van der Waals surface area contributed by atoms with Gasteiger partial charge in [0, 0.05) is 18.9 Å². The number of hydrogen-bond acceptors (Lipinski definition) is 3. The van der Waals surface area contributed by atoms with Crippen LogP contribution in [-0.4, -0.2) is 13.4 Å². The predicted octanol–water partition coefficient (Wildman–Crippen LogP) is 2.76. The zero-order valence-corrected chi connectivity index (χ0v) is 13.1. The fourth-order valence-corrected chi connectivity index (χ4v) is 3.06. The molecule has 1 N–H and O–H groups in total. The van der Waals surface area contributed by atoms with Crippen LogP contribution in [-0.2, 0) is 23.0 Å². The van der Waals surface area contributed by atoms with Gasteiger partial charge in [-0.2, -0.15) is 0 Å². The molecule has 21 heavy (non-hydrogen) atoms. The van der Waals surface area contributed by atoms with Gasteiger partial charge in [0.2, 0.25) is 10.0 Å². The first-order chi connectivity index (χ1) is 9.97. The van der Waals surface area contributed by atoms with Gasteiger partial charge >= 0.3 is 0 Å². The molecule has 0 saturated carbocycles. The third-order valence-electron chi connectivity index (χ3n) is 3.09. The molecule has 2 aromatic rings. The first kappa shape index (κ1) is 15.7. The fraction of sp³-hybridized carbons (Fsp3) is 0.312. The zero-order valence-electron chi connectivity index (χ0n) is 12.3. The van der Waals surface area contributed by atoms with E-state index in [0.717, 1.165) is 17.5 Å². The van der Waals surface area contributed by atoms with Crippen molar-refractivity contribution >= 4 is 10.0 Å². The summed E-state index contributed by atoms with van der Waals surface area (Å²) in [5.74, 6) is 0.553. The molecule has 1 aromatic heterocycles. The lowest BCUT2D eigenvalue weighted by atomic mass is 10.0. The van der Waals surface area contributed by atoms with E-state index < -0.39 is 10.0 Å². The zero-order chi connectivity index (χ0) is 15.3. The lowest BCUT2D eigenvalue weighted by Gasteiger charge is -2.09. The van der Waals surface area contributed by atoms with E-state index in [9.17, 15) is 8.42 Å². The Hall–Kier alpha value is -1.72. The highest BCUT2D eigenvalue weighted by atomic mass is 32.2. The summed E-state index contributed by atoms with van der Waals surface area (Å²) in [4.78, 5) is 4.20. The second-order valence-electron chi connectivity index (χ2n) is 5.42. The molecule has 0 radical (unpaired) electrons. The molecule has 0 spiro atoms. The van der Waals surface area contributed by atoms with Crippen LogP contribution < -0.4 is 4.72 Å². The number of sulfonamides is 1. The number of hydrogen-bond donors (Lipinski definition) is 1. The van der Waals surface area contributed by atoms with E-state index in [1.165, 1.54) is 0 Å². The lowest BCUT2D eigenvalue weighted by Crippen LogP contribution is -2.23.